The number of aliphatic hydroxyl groups is 1. The molecule has 0 amide bonds. The van der Waals surface area contributed by atoms with Crippen molar-refractivity contribution >= 4 is 0 Å². The molecule has 1 saturated heterocycles. The van der Waals surface area contributed by atoms with Crippen molar-refractivity contribution in [2.45, 2.75) is 18.9 Å². The summed E-state index contributed by atoms with van der Waals surface area (Å²) < 4.78 is 12.9. The van der Waals surface area contributed by atoms with Crippen molar-refractivity contribution in [3.05, 3.63) is 29.8 Å². The Hall–Kier alpha value is -1.00. The third-order valence-electron chi connectivity index (χ3n) is 2.85. The summed E-state index contributed by atoms with van der Waals surface area (Å²) in [5.74, 6) is -0.224. The van der Waals surface area contributed by atoms with Crippen LogP contribution < -0.4 is 5.32 Å². The van der Waals surface area contributed by atoms with E-state index >= 15 is 0 Å². The van der Waals surface area contributed by atoms with Gasteiger partial charge in [-0.15, -0.1) is 0 Å². The fourth-order valence-electron chi connectivity index (χ4n) is 2.01. The number of nitrogens with one attached hydrogen (secondary N) is 1. The summed E-state index contributed by atoms with van der Waals surface area (Å²) in [4.78, 5) is 3.74. The number of hydrogen-bond acceptors (Lipinski definition) is 3. The van der Waals surface area contributed by atoms with Gasteiger partial charge in [0, 0.05) is 24.2 Å². The van der Waals surface area contributed by atoms with E-state index < -0.39 is 11.9 Å². The lowest BCUT2D eigenvalue weighted by molar-refractivity contribution is 0.0915. The van der Waals surface area contributed by atoms with Crippen LogP contribution in [0.15, 0.2) is 18.5 Å². The fraction of sp³-hybridized carbons (Fsp3) is 0.545. The number of aromatic nitrogens is 1. The molecule has 1 aromatic rings. The molecule has 2 N–H and O–H groups in total. The van der Waals surface area contributed by atoms with Gasteiger partial charge in [-0.05, 0) is 25.5 Å². The number of rotatable bonds is 2. The van der Waals surface area contributed by atoms with Crippen molar-refractivity contribution in [1.82, 2.24) is 10.3 Å². The molecule has 2 rings (SSSR count). The molecule has 0 saturated carbocycles. The minimum atomic E-state index is -0.610. The highest BCUT2D eigenvalue weighted by molar-refractivity contribution is 5.14. The Morgan fingerprint density at radius 2 is 2.40 bits per heavy atom. The van der Waals surface area contributed by atoms with E-state index in [9.17, 15) is 9.50 Å². The SMILES string of the molecule is OC(c1cncc(F)c1)C1CCCNC1. The molecule has 3 nitrogen and oxygen atoms in total. The lowest BCUT2D eigenvalue weighted by Gasteiger charge is -2.27. The van der Waals surface area contributed by atoms with E-state index in [-0.39, 0.29) is 5.92 Å². The summed E-state index contributed by atoms with van der Waals surface area (Å²) >= 11 is 0. The molecule has 1 fully saturated rings. The van der Waals surface area contributed by atoms with Gasteiger partial charge in [0.2, 0.25) is 0 Å². The highest BCUT2D eigenvalue weighted by Gasteiger charge is 2.23. The zero-order chi connectivity index (χ0) is 10.7. The van der Waals surface area contributed by atoms with Gasteiger partial charge in [0.15, 0.2) is 0 Å². The van der Waals surface area contributed by atoms with Gasteiger partial charge in [0.25, 0.3) is 0 Å². The lowest BCUT2D eigenvalue weighted by atomic mass is 9.90. The van der Waals surface area contributed by atoms with Crippen LogP contribution in [0.4, 0.5) is 4.39 Å². The van der Waals surface area contributed by atoms with Gasteiger partial charge in [-0.3, -0.25) is 4.98 Å². The Labute approximate surface area is 88.3 Å². The maximum Gasteiger partial charge on any atom is 0.141 e. The van der Waals surface area contributed by atoms with Crippen LogP contribution in [0.2, 0.25) is 0 Å². The molecule has 1 aliphatic heterocycles. The normalized spacial score (nSPS) is 23.7. The largest absolute Gasteiger partial charge is 0.388 e. The first kappa shape index (κ1) is 10.5. The zero-order valence-electron chi connectivity index (χ0n) is 8.49. The van der Waals surface area contributed by atoms with Crippen molar-refractivity contribution in [1.29, 1.82) is 0 Å². The number of hydrogen-bond donors (Lipinski definition) is 2. The summed E-state index contributed by atoms with van der Waals surface area (Å²) in [6, 6.07) is 1.35. The molecular formula is C11H15FN2O. The first-order valence-corrected chi connectivity index (χ1v) is 5.26. The van der Waals surface area contributed by atoms with Crippen LogP contribution in [0.1, 0.15) is 24.5 Å². The predicted molar refractivity (Wildman–Crippen MR) is 54.7 cm³/mol. The molecule has 4 heteroatoms. The zero-order valence-corrected chi connectivity index (χ0v) is 8.49. The van der Waals surface area contributed by atoms with Gasteiger partial charge in [-0.1, -0.05) is 0 Å². The van der Waals surface area contributed by atoms with E-state index in [1.807, 2.05) is 0 Å². The van der Waals surface area contributed by atoms with Gasteiger partial charge >= 0.3 is 0 Å². The maximum atomic E-state index is 12.9. The van der Waals surface area contributed by atoms with Gasteiger partial charge in [0.05, 0.1) is 12.3 Å². The molecule has 1 aromatic heterocycles. The number of piperidine rings is 1. The van der Waals surface area contributed by atoms with Crippen LogP contribution >= 0.6 is 0 Å². The Morgan fingerprint density at radius 3 is 3.07 bits per heavy atom. The second kappa shape index (κ2) is 4.68. The summed E-state index contributed by atoms with van der Waals surface area (Å²) in [7, 11) is 0. The van der Waals surface area contributed by atoms with Crippen LogP contribution in [-0.4, -0.2) is 23.2 Å². The Bertz CT molecular complexity index is 326. The smallest absolute Gasteiger partial charge is 0.141 e. The second-order valence-electron chi connectivity index (χ2n) is 3.99. The third kappa shape index (κ3) is 2.52. The van der Waals surface area contributed by atoms with E-state index in [1.165, 1.54) is 12.3 Å². The van der Waals surface area contributed by atoms with E-state index in [4.69, 9.17) is 0 Å². The number of halogens is 1. The summed E-state index contributed by atoms with van der Waals surface area (Å²) in [6.07, 6.45) is 4.10. The molecule has 0 aromatic carbocycles. The molecule has 2 unspecified atom stereocenters. The van der Waals surface area contributed by atoms with Crippen LogP contribution in [0.25, 0.3) is 0 Å². The quantitative estimate of drug-likeness (QED) is 0.772. The van der Waals surface area contributed by atoms with Crippen LogP contribution in [0.3, 0.4) is 0 Å². The highest BCUT2D eigenvalue weighted by Crippen LogP contribution is 2.26. The van der Waals surface area contributed by atoms with Crippen molar-refractivity contribution in [3.63, 3.8) is 0 Å². The van der Waals surface area contributed by atoms with Crippen LogP contribution in [0, 0.1) is 11.7 Å². The average Bonchev–Trinajstić information content (AvgIpc) is 2.29. The van der Waals surface area contributed by atoms with Crippen LogP contribution in [-0.2, 0) is 0 Å². The summed E-state index contributed by atoms with van der Waals surface area (Å²) in [5.41, 5.74) is 0.573. The summed E-state index contributed by atoms with van der Waals surface area (Å²) in [5, 5.41) is 13.2. The number of aliphatic hydroxyl groups excluding tert-OH is 1. The molecule has 1 aliphatic rings. The van der Waals surface area contributed by atoms with Gasteiger partial charge in [-0.2, -0.15) is 0 Å². The van der Waals surface area contributed by atoms with Crippen molar-refractivity contribution in [2.24, 2.45) is 5.92 Å². The van der Waals surface area contributed by atoms with Crippen molar-refractivity contribution < 1.29 is 9.50 Å². The number of nitrogens with zero attached hydrogens (tertiary/aromatic N) is 1. The van der Waals surface area contributed by atoms with E-state index in [2.05, 4.69) is 10.3 Å². The molecule has 0 aliphatic carbocycles. The molecule has 2 atom stereocenters. The highest BCUT2D eigenvalue weighted by atomic mass is 19.1. The molecule has 0 bridgehead atoms. The Morgan fingerprint density at radius 1 is 1.53 bits per heavy atom. The van der Waals surface area contributed by atoms with Crippen molar-refractivity contribution in [3.8, 4) is 0 Å². The number of pyridine rings is 1. The lowest BCUT2D eigenvalue weighted by Crippen LogP contribution is -2.33. The molecular weight excluding hydrogens is 195 g/mol. The van der Waals surface area contributed by atoms with Crippen molar-refractivity contribution in [2.75, 3.05) is 13.1 Å². The Balaban J connectivity index is 2.08. The molecule has 82 valence electrons. The van der Waals surface area contributed by atoms with Gasteiger partial charge < -0.3 is 10.4 Å². The minimum absolute atomic E-state index is 0.169. The topological polar surface area (TPSA) is 45.2 Å². The monoisotopic (exact) mass is 210 g/mol. The molecule has 2 heterocycles. The van der Waals surface area contributed by atoms with E-state index in [0.717, 1.165) is 32.1 Å². The third-order valence-corrected chi connectivity index (χ3v) is 2.85. The fourth-order valence-corrected chi connectivity index (χ4v) is 2.01. The molecule has 0 radical (unpaired) electrons. The van der Waals surface area contributed by atoms with Crippen LogP contribution in [0.5, 0.6) is 0 Å². The summed E-state index contributed by atoms with van der Waals surface area (Å²) in [6.45, 7) is 1.79. The van der Waals surface area contributed by atoms with Gasteiger partial charge in [0.1, 0.15) is 5.82 Å². The minimum Gasteiger partial charge on any atom is -0.388 e. The van der Waals surface area contributed by atoms with Gasteiger partial charge in [-0.25, -0.2) is 4.39 Å². The average molecular weight is 210 g/mol. The standard InChI is InChI=1S/C11H15FN2O/c12-10-4-9(6-14-7-10)11(15)8-2-1-3-13-5-8/h4,6-8,11,13,15H,1-3,5H2. The predicted octanol–water partition coefficient (Wildman–Crippen LogP) is 1.25. The second-order valence-corrected chi connectivity index (χ2v) is 3.99. The first-order chi connectivity index (χ1) is 7.27. The van der Waals surface area contributed by atoms with E-state index in [0.29, 0.717) is 5.56 Å². The molecule has 15 heavy (non-hydrogen) atoms. The first-order valence-electron chi connectivity index (χ1n) is 5.26. The molecule has 0 spiro atoms. The maximum absolute atomic E-state index is 12.9. The van der Waals surface area contributed by atoms with E-state index in [1.54, 1.807) is 0 Å². The Kier molecular flexibility index (Phi) is 3.28.